The summed E-state index contributed by atoms with van der Waals surface area (Å²) in [7, 11) is -3.60. The summed E-state index contributed by atoms with van der Waals surface area (Å²) in [4.78, 5) is 0.0639. The van der Waals surface area contributed by atoms with E-state index in [9.17, 15) is 8.42 Å². The largest absolute Gasteiger partial charge is 0.398 e. The van der Waals surface area contributed by atoms with Gasteiger partial charge in [-0.05, 0) is 24.1 Å². The quantitative estimate of drug-likeness (QED) is 0.834. The minimum atomic E-state index is -3.60. The first-order chi connectivity index (χ1) is 8.82. The summed E-state index contributed by atoms with van der Waals surface area (Å²) in [5, 5.41) is 8.76. The highest BCUT2D eigenvalue weighted by molar-refractivity contribution is 7.89. The van der Waals surface area contributed by atoms with Crippen molar-refractivity contribution in [3.8, 4) is 6.07 Å². The molecule has 0 atom stereocenters. The number of rotatable bonds is 5. The van der Waals surface area contributed by atoms with Crippen LogP contribution >= 0.6 is 0 Å². The average molecular weight is 281 g/mol. The normalized spacial score (nSPS) is 11.8. The maximum Gasteiger partial charge on any atom is 0.245 e. The van der Waals surface area contributed by atoms with E-state index in [1.807, 2.05) is 19.9 Å². The van der Waals surface area contributed by atoms with Crippen LogP contribution in [0.1, 0.15) is 26.3 Å². The lowest BCUT2D eigenvalue weighted by Crippen LogP contribution is -2.34. The molecular weight excluding hydrogens is 262 g/mol. The maximum atomic E-state index is 12.5. The number of sulfonamides is 1. The first-order valence-electron chi connectivity index (χ1n) is 6.12. The molecule has 0 aliphatic carbocycles. The van der Waals surface area contributed by atoms with E-state index in [0.29, 0.717) is 18.7 Å². The maximum absolute atomic E-state index is 12.5. The van der Waals surface area contributed by atoms with Crippen molar-refractivity contribution in [3.63, 3.8) is 0 Å². The van der Waals surface area contributed by atoms with Gasteiger partial charge in [0.15, 0.2) is 0 Å². The summed E-state index contributed by atoms with van der Waals surface area (Å²) in [5.41, 5.74) is 6.21. The molecule has 0 fully saturated rings. The van der Waals surface area contributed by atoms with Gasteiger partial charge in [0.1, 0.15) is 4.90 Å². The molecular formula is C13H19N3O2S. The minimum absolute atomic E-state index is 0.0639. The number of nitrogens with two attached hydrogens (primary N) is 1. The molecule has 104 valence electrons. The zero-order chi connectivity index (χ0) is 14.6. The van der Waals surface area contributed by atoms with Crippen molar-refractivity contribution in [3.05, 3.63) is 23.8 Å². The van der Waals surface area contributed by atoms with Crippen LogP contribution in [0.25, 0.3) is 0 Å². The molecule has 1 aromatic rings. The van der Waals surface area contributed by atoms with Gasteiger partial charge in [0.2, 0.25) is 10.0 Å². The molecule has 0 aromatic heterocycles. The number of anilines is 1. The molecule has 19 heavy (non-hydrogen) atoms. The Kier molecular flexibility index (Phi) is 4.92. The first-order valence-corrected chi connectivity index (χ1v) is 7.56. The lowest BCUT2D eigenvalue weighted by molar-refractivity contribution is 0.381. The van der Waals surface area contributed by atoms with Crippen LogP contribution in [0.4, 0.5) is 5.69 Å². The van der Waals surface area contributed by atoms with Gasteiger partial charge in [-0.3, -0.25) is 0 Å². The summed E-state index contributed by atoms with van der Waals surface area (Å²) in [5.74, 6) is 0.231. The molecule has 2 N–H and O–H groups in total. The monoisotopic (exact) mass is 281 g/mol. The summed E-state index contributed by atoms with van der Waals surface area (Å²) >= 11 is 0. The molecule has 0 aliphatic heterocycles. The fraction of sp³-hybridized carbons (Fsp3) is 0.462. The van der Waals surface area contributed by atoms with Gasteiger partial charge in [0.05, 0.1) is 17.3 Å². The van der Waals surface area contributed by atoms with E-state index in [2.05, 4.69) is 0 Å². The van der Waals surface area contributed by atoms with Crippen LogP contribution in [0.15, 0.2) is 23.1 Å². The van der Waals surface area contributed by atoms with Crippen molar-refractivity contribution >= 4 is 15.7 Å². The van der Waals surface area contributed by atoms with Gasteiger partial charge >= 0.3 is 0 Å². The fourth-order valence-corrected chi connectivity index (χ4v) is 3.51. The molecule has 0 bridgehead atoms. The van der Waals surface area contributed by atoms with Crippen molar-refractivity contribution < 1.29 is 8.42 Å². The molecule has 0 radical (unpaired) electrons. The van der Waals surface area contributed by atoms with Gasteiger partial charge in [-0.25, -0.2) is 8.42 Å². The summed E-state index contributed by atoms with van der Waals surface area (Å²) in [6.07, 6.45) is 0. The van der Waals surface area contributed by atoms with Crippen LogP contribution in [-0.2, 0) is 10.0 Å². The molecule has 1 rings (SSSR count). The topological polar surface area (TPSA) is 87.2 Å². The van der Waals surface area contributed by atoms with Crippen LogP contribution in [0.3, 0.4) is 0 Å². The molecule has 5 nitrogen and oxygen atoms in total. The van der Waals surface area contributed by atoms with Crippen LogP contribution < -0.4 is 5.73 Å². The van der Waals surface area contributed by atoms with Crippen molar-refractivity contribution in [1.29, 1.82) is 5.26 Å². The number of nitriles is 1. The highest BCUT2D eigenvalue weighted by Gasteiger charge is 2.25. The molecule has 1 aromatic carbocycles. The first kappa shape index (κ1) is 15.5. The lowest BCUT2D eigenvalue weighted by atomic mass is 10.2. The Bertz CT molecular complexity index is 588. The second-order valence-corrected chi connectivity index (χ2v) is 6.62. The smallest absolute Gasteiger partial charge is 0.245 e. The lowest BCUT2D eigenvalue weighted by Gasteiger charge is -2.23. The van der Waals surface area contributed by atoms with Gasteiger partial charge in [0.25, 0.3) is 0 Å². The molecule has 0 heterocycles. The van der Waals surface area contributed by atoms with Crippen molar-refractivity contribution in [2.45, 2.75) is 25.7 Å². The van der Waals surface area contributed by atoms with Crippen LogP contribution in [-0.4, -0.2) is 25.8 Å². The predicted molar refractivity (Wildman–Crippen MR) is 74.8 cm³/mol. The molecule has 6 heteroatoms. The Hall–Kier alpha value is -1.58. The van der Waals surface area contributed by atoms with Crippen LogP contribution in [0.2, 0.25) is 0 Å². The summed E-state index contributed by atoms with van der Waals surface area (Å²) in [6.45, 7) is 6.54. The summed E-state index contributed by atoms with van der Waals surface area (Å²) < 4.78 is 26.4. The molecule has 0 aliphatic rings. The zero-order valence-corrected chi connectivity index (χ0v) is 12.2. The molecule has 0 saturated heterocycles. The van der Waals surface area contributed by atoms with Crippen molar-refractivity contribution in [2.24, 2.45) is 5.92 Å². The third kappa shape index (κ3) is 3.46. The van der Waals surface area contributed by atoms with E-state index in [1.165, 1.54) is 22.5 Å². The van der Waals surface area contributed by atoms with Crippen LogP contribution in [0, 0.1) is 17.2 Å². The second-order valence-electron chi connectivity index (χ2n) is 4.71. The number of nitrogens with zero attached hydrogens (tertiary/aromatic N) is 2. The highest BCUT2D eigenvalue weighted by Crippen LogP contribution is 2.24. The molecule has 0 spiro atoms. The predicted octanol–water partition coefficient (Wildman–Crippen LogP) is 1.81. The standard InChI is InChI=1S/C13H19N3O2S/c1-4-16(9-10(2)3)19(17,18)13-6-5-11(8-14)7-12(13)15/h5-7,10H,4,9,15H2,1-3H3. The van der Waals surface area contributed by atoms with Crippen molar-refractivity contribution in [1.82, 2.24) is 4.31 Å². The Morgan fingerprint density at radius 3 is 2.47 bits per heavy atom. The summed E-state index contributed by atoms with van der Waals surface area (Å²) in [6, 6.07) is 6.18. The van der Waals surface area contributed by atoms with Gasteiger partial charge < -0.3 is 5.73 Å². The van der Waals surface area contributed by atoms with E-state index >= 15 is 0 Å². The number of nitrogen functional groups attached to an aromatic ring is 1. The fourth-order valence-electron chi connectivity index (χ4n) is 1.80. The highest BCUT2D eigenvalue weighted by atomic mass is 32.2. The zero-order valence-electron chi connectivity index (χ0n) is 11.4. The van der Waals surface area contributed by atoms with Crippen molar-refractivity contribution in [2.75, 3.05) is 18.8 Å². The average Bonchev–Trinajstić information content (AvgIpc) is 2.34. The van der Waals surface area contributed by atoms with E-state index in [0.717, 1.165) is 0 Å². The van der Waals surface area contributed by atoms with E-state index in [4.69, 9.17) is 11.0 Å². The molecule has 0 amide bonds. The van der Waals surface area contributed by atoms with Gasteiger partial charge in [-0.1, -0.05) is 20.8 Å². The van der Waals surface area contributed by atoms with E-state index in [1.54, 1.807) is 6.92 Å². The Morgan fingerprint density at radius 2 is 2.05 bits per heavy atom. The molecule has 0 unspecified atom stereocenters. The van der Waals surface area contributed by atoms with Gasteiger partial charge in [0, 0.05) is 13.1 Å². The van der Waals surface area contributed by atoms with Crippen LogP contribution in [0.5, 0.6) is 0 Å². The number of benzene rings is 1. The van der Waals surface area contributed by atoms with Gasteiger partial charge in [-0.2, -0.15) is 9.57 Å². The number of hydrogen-bond acceptors (Lipinski definition) is 4. The second kappa shape index (κ2) is 6.04. The third-order valence-corrected chi connectivity index (χ3v) is 4.69. The van der Waals surface area contributed by atoms with E-state index < -0.39 is 10.0 Å². The van der Waals surface area contributed by atoms with Gasteiger partial charge in [-0.15, -0.1) is 0 Å². The van der Waals surface area contributed by atoms with E-state index in [-0.39, 0.29) is 16.5 Å². The Balaban J connectivity index is 3.23. The third-order valence-electron chi connectivity index (χ3n) is 2.68. The SMILES string of the molecule is CCN(CC(C)C)S(=O)(=O)c1ccc(C#N)cc1N. The Morgan fingerprint density at radius 1 is 1.42 bits per heavy atom. The Labute approximate surface area is 114 Å². The molecule has 0 saturated carbocycles. The number of hydrogen-bond donors (Lipinski definition) is 1. The minimum Gasteiger partial charge on any atom is -0.398 e.